The van der Waals surface area contributed by atoms with Crippen molar-refractivity contribution in [2.24, 2.45) is 0 Å². The molecular weight excluding hydrogens is 588 g/mol. The van der Waals surface area contributed by atoms with Crippen molar-refractivity contribution < 1.29 is 18.6 Å². The summed E-state index contributed by atoms with van der Waals surface area (Å²) in [6.45, 7) is 10.8. The standard InChI is InChI=1S/C35H39F2N7O2/c1-3-26-28(37)7-6-22-14-25(45)15-30(32(22)26)41-11-8-27-29(20-41)39-34(46-21-35-9-5-10-43(35)18-23(36)16-35)40-33(27)42-12-13-44-24(19-42)17-38-31(44)4-2/h4,6-7,14-15,17,23,45H,2-3,5,8-13,16,18-21H2,1H3/t23-,35+/m1/s1. The van der Waals surface area contributed by atoms with Gasteiger partial charge in [0.15, 0.2) is 0 Å². The number of nitrogens with zero attached hydrogens (tertiary/aromatic N) is 7. The van der Waals surface area contributed by atoms with Crippen LogP contribution in [0.1, 0.15) is 54.5 Å². The van der Waals surface area contributed by atoms with Gasteiger partial charge >= 0.3 is 6.01 Å². The molecule has 1 N–H and O–H groups in total. The SMILES string of the molecule is C=Cc1ncc2n1CCN(c1nc(OC[C@@]34CCCN3C[C@H](F)C4)nc3c1CCN(c1cc(O)cc4ccc(F)c(CC)c14)C3)C2. The van der Waals surface area contributed by atoms with Gasteiger partial charge in [-0.3, -0.25) is 4.90 Å². The zero-order chi connectivity index (χ0) is 31.6. The topological polar surface area (TPSA) is 82.8 Å². The molecule has 9 nitrogen and oxygen atoms in total. The summed E-state index contributed by atoms with van der Waals surface area (Å²) in [7, 11) is 0. The van der Waals surface area contributed by atoms with E-state index in [1.165, 1.54) is 6.07 Å². The van der Waals surface area contributed by atoms with Gasteiger partial charge < -0.3 is 24.2 Å². The molecule has 46 heavy (non-hydrogen) atoms. The van der Waals surface area contributed by atoms with Crippen molar-refractivity contribution >= 4 is 28.4 Å². The van der Waals surface area contributed by atoms with Crippen LogP contribution in [0.3, 0.4) is 0 Å². The highest BCUT2D eigenvalue weighted by Crippen LogP contribution is 2.42. The summed E-state index contributed by atoms with van der Waals surface area (Å²) in [5.41, 5.74) is 4.12. The molecule has 2 aromatic heterocycles. The van der Waals surface area contributed by atoms with Crippen LogP contribution >= 0.6 is 0 Å². The molecule has 6 heterocycles. The number of halogens is 2. The maximum atomic E-state index is 15.0. The Morgan fingerprint density at radius 2 is 2.02 bits per heavy atom. The van der Waals surface area contributed by atoms with Gasteiger partial charge in [0.25, 0.3) is 0 Å². The van der Waals surface area contributed by atoms with Gasteiger partial charge in [0.1, 0.15) is 36.0 Å². The fourth-order valence-corrected chi connectivity index (χ4v) is 8.29. The predicted octanol–water partition coefficient (Wildman–Crippen LogP) is 5.41. The van der Waals surface area contributed by atoms with Crippen molar-refractivity contribution in [2.45, 2.75) is 70.4 Å². The van der Waals surface area contributed by atoms with E-state index in [2.05, 4.69) is 30.8 Å². The van der Waals surface area contributed by atoms with Crippen LogP contribution < -0.4 is 14.5 Å². The average molecular weight is 628 g/mol. The molecule has 0 unspecified atom stereocenters. The van der Waals surface area contributed by atoms with E-state index < -0.39 is 6.17 Å². The van der Waals surface area contributed by atoms with Crippen molar-refractivity contribution in [3.8, 4) is 11.8 Å². The minimum atomic E-state index is -0.842. The summed E-state index contributed by atoms with van der Waals surface area (Å²) in [6.07, 6.45) is 6.46. The lowest BCUT2D eigenvalue weighted by Gasteiger charge is -2.36. The van der Waals surface area contributed by atoms with E-state index in [0.29, 0.717) is 63.6 Å². The van der Waals surface area contributed by atoms with Crippen molar-refractivity contribution in [1.82, 2.24) is 24.4 Å². The Kier molecular flexibility index (Phi) is 7.12. The third-order valence-corrected chi connectivity index (χ3v) is 10.5. The first-order valence-corrected chi connectivity index (χ1v) is 16.4. The van der Waals surface area contributed by atoms with Crippen LogP contribution in [0.2, 0.25) is 0 Å². The van der Waals surface area contributed by atoms with E-state index in [9.17, 15) is 9.50 Å². The van der Waals surface area contributed by atoms with Gasteiger partial charge in [0.05, 0.1) is 36.2 Å². The number of aromatic nitrogens is 4. The monoisotopic (exact) mass is 627 g/mol. The first kappa shape index (κ1) is 29.2. The molecule has 11 heteroatoms. The molecule has 0 saturated carbocycles. The van der Waals surface area contributed by atoms with Crippen molar-refractivity contribution in [1.29, 1.82) is 0 Å². The number of hydrogen-bond acceptors (Lipinski definition) is 8. The van der Waals surface area contributed by atoms with Gasteiger partial charge in [-0.1, -0.05) is 19.6 Å². The van der Waals surface area contributed by atoms with Crippen LogP contribution in [0.15, 0.2) is 37.0 Å². The highest BCUT2D eigenvalue weighted by atomic mass is 19.1. The highest BCUT2D eigenvalue weighted by Gasteiger charge is 2.49. The minimum Gasteiger partial charge on any atom is -0.508 e. The minimum absolute atomic E-state index is 0.140. The summed E-state index contributed by atoms with van der Waals surface area (Å²) >= 11 is 0. The summed E-state index contributed by atoms with van der Waals surface area (Å²) in [5, 5.41) is 12.3. The lowest BCUT2D eigenvalue weighted by Crippen LogP contribution is -2.43. The lowest BCUT2D eigenvalue weighted by atomic mass is 9.95. The van der Waals surface area contributed by atoms with Gasteiger partial charge in [-0.05, 0) is 61.4 Å². The molecule has 2 atom stereocenters. The van der Waals surface area contributed by atoms with E-state index in [1.807, 2.05) is 13.1 Å². The molecule has 4 aliphatic rings. The molecule has 0 spiro atoms. The average Bonchev–Trinajstić information content (AvgIpc) is 3.74. The number of rotatable bonds is 7. The van der Waals surface area contributed by atoms with Crippen LogP contribution in [-0.2, 0) is 32.5 Å². The number of anilines is 2. The number of fused-ring (bicyclic) bond motifs is 4. The molecule has 2 aromatic carbocycles. The fraction of sp³-hybridized carbons (Fsp3) is 0.457. The number of alkyl halides is 1. The molecule has 240 valence electrons. The molecular formula is C35H39F2N7O2. The van der Waals surface area contributed by atoms with Crippen LogP contribution in [0, 0.1) is 5.82 Å². The van der Waals surface area contributed by atoms with E-state index in [-0.39, 0.29) is 17.1 Å². The smallest absolute Gasteiger partial charge is 0.318 e. The normalized spacial score (nSPS) is 22.6. The molecule has 8 rings (SSSR count). The number of aryl methyl sites for hydroxylation is 1. The number of hydrogen-bond donors (Lipinski definition) is 1. The Morgan fingerprint density at radius 3 is 2.87 bits per heavy atom. The molecule has 0 bridgehead atoms. The predicted molar refractivity (Wildman–Crippen MR) is 174 cm³/mol. The van der Waals surface area contributed by atoms with E-state index in [1.54, 1.807) is 24.3 Å². The van der Waals surface area contributed by atoms with Crippen molar-refractivity contribution in [3.05, 3.63) is 71.2 Å². The molecule has 0 aliphatic carbocycles. The molecule has 4 aliphatic heterocycles. The quantitative estimate of drug-likeness (QED) is 0.291. The third-order valence-electron chi connectivity index (χ3n) is 10.5. The Balaban J connectivity index is 1.17. The molecule has 2 saturated heterocycles. The van der Waals surface area contributed by atoms with E-state index >= 15 is 4.39 Å². The zero-order valence-corrected chi connectivity index (χ0v) is 26.2. The molecule has 0 radical (unpaired) electrons. The molecule has 4 aromatic rings. The van der Waals surface area contributed by atoms with Gasteiger partial charge in [0.2, 0.25) is 0 Å². The number of aromatic hydroxyl groups is 1. The van der Waals surface area contributed by atoms with Gasteiger partial charge in [-0.25, -0.2) is 13.8 Å². The van der Waals surface area contributed by atoms with Crippen molar-refractivity contribution in [2.75, 3.05) is 42.6 Å². The number of phenolic OH excluding ortho intramolecular Hbond substituents is 1. The van der Waals surface area contributed by atoms with Crippen molar-refractivity contribution in [3.63, 3.8) is 0 Å². The lowest BCUT2D eigenvalue weighted by molar-refractivity contribution is 0.107. The Morgan fingerprint density at radius 1 is 1.13 bits per heavy atom. The van der Waals surface area contributed by atoms with E-state index in [0.717, 1.165) is 77.5 Å². The summed E-state index contributed by atoms with van der Waals surface area (Å²) < 4.78 is 38.1. The first-order valence-electron chi connectivity index (χ1n) is 16.4. The maximum Gasteiger partial charge on any atom is 0.318 e. The molecule has 2 fully saturated rings. The van der Waals surface area contributed by atoms with Gasteiger partial charge in [-0.2, -0.15) is 9.97 Å². The number of imidazole rings is 1. The van der Waals surface area contributed by atoms with Crippen LogP contribution in [0.5, 0.6) is 11.8 Å². The van der Waals surface area contributed by atoms with Crippen LogP contribution in [-0.4, -0.2) is 74.0 Å². The zero-order valence-electron chi connectivity index (χ0n) is 26.2. The second-order valence-electron chi connectivity index (χ2n) is 13.1. The molecule has 0 amide bonds. The second kappa shape index (κ2) is 11.2. The maximum absolute atomic E-state index is 15.0. The van der Waals surface area contributed by atoms with Crippen LogP contribution in [0.4, 0.5) is 20.3 Å². The number of phenols is 1. The number of benzene rings is 2. The number of ether oxygens (including phenoxy) is 1. The summed E-state index contributed by atoms with van der Waals surface area (Å²) in [6, 6.07) is 6.92. The van der Waals surface area contributed by atoms with E-state index in [4.69, 9.17) is 14.7 Å². The second-order valence-corrected chi connectivity index (χ2v) is 13.1. The fourth-order valence-electron chi connectivity index (χ4n) is 8.29. The first-order chi connectivity index (χ1) is 22.4. The highest BCUT2D eigenvalue weighted by molar-refractivity contribution is 5.98. The van der Waals surface area contributed by atoms with Gasteiger partial charge in [0, 0.05) is 55.3 Å². The third kappa shape index (κ3) is 4.78. The summed E-state index contributed by atoms with van der Waals surface area (Å²) in [5.74, 6) is 1.61. The Labute approximate surface area is 267 Å². The summed E-state index contributed by atoms with van der Waals surface area (Å²) in [4.78, 5) is 21.2. The Bertz CT molecular complexity index is 1840. The van der Waals surface area contributed by atoms with Crippen LogP contribution in [0.25, 0.3) is 16.8 Å². The Hall–Kier alpha value is -4.25. The van der Waals surface area contributed by atoms with Gasteiger partial charge in [-0.15, -0.1) is 0 Å². The largest absolute Gasteiger partial charge is 0.508 e.